The molecular formula is C19H22N2O2. The minimum Gasteiger partial charge on any atom is -0.459 e. The number of benzene rings is 2. The third kappa shape index (κ3) is 3.47. The Morgan fingerprint density at radius 3 is 2.83 bits per heavy atom. The van der Waals surface area contributed by atoms with Crippen LogP contribution in [0.15, 0.2) is 48.5 Å². The Kier molecular flexibility index (Phi) is 4.51. The fraction of sp³-hybridized carbons (Fsp3) is 0.316. The molecule has 4 nitrogen and oxygen atoms in total. The quantitative estimate of drug-likeness (QED) is 0.696. The van der Waals surface area contributed by atoms with Crippen LogP contribution in [0.5, 0.6) is 0 Å². The van der Waals surface area contributed by atoms with Gasteiger partial charge in [0.05, 0.1) is 0 Å². The number of nitrogen functional groups attached to an aromatic ring is 1. The number of aryl methyl sites for hydroxylation is 1. The summed E-state index contributed by atoms with van der Waals surface area (Å²) in [7, 11) is 0. The molecule has 120 valence electrons. The molecule has 1 atom stereocenters. The molecule has 1 aliphatic heterocycles. The van der Waals surface area contributed by atoms with Gasteiger partial charge in [0.15, 0.2) is 0 Å². The number of hydrogen-bond acceptors (Lipinski definition) is 4. The summed E-state index contributed by atoms with van der Waals surface area (Å²) in [5, 5.41) is 0. The first kappa shape index (κ1) is 15.4. The second-order valence-corrected chi connectivity index (χ2v) is 5.95. The first-order valence-electron chi connectivity index (χ1n) is 8.01. The van der Waals surface area contributed by atoms with Gasteiger partial charge in [0.1, 0.15) is 12.6 Å². The zero-order chi connectivity index (χ0) is 16.2. The van der Waals surface area contributed by atoms with E-state index in [0.717, 1.165) is 36.3 Å². The van der Waals surface area contributed by atoms with E-state index < -0.39 is 0 Å². The molecule has 23 heavy (non-hydrogen) atoms. The number of esters is 1. The van der Waals surface area contributed by atoms with Crippen LogP contribution < -0.4 is 10.6 Å². The van der Waals surface area contributed by atoms with Crippen LogP contribution in [-0.4, -0.2) is 18.6 Å². The topological polar surface area (TPSA) is 55.6 Å². The van der Waals surface area contributed by atoms with Gasteiger partial charge < -0.3 is 15.4 Å². The van der Waals surface area contributed by atoms with Crippen LogP contribution in [0.1, 0.15) is 24.5 Å². The molecule has 3 rings (SSSR count). The summed E-state index contributed by atoms with van der Waals surface area (Å²) in [4.78, 5) is 14.5. The van der Waals surface area contributed by atoms with Gasteiger partial charge in [-0.25, -0.2) is 4.79 Å². The van der Waals surface area contributed by atoms with Gasteiger partial charge in [0.2, 0.25) is 0 Å². The highest BCUT2D eigenvalue weighted by atomic mass is 16.5. The number of hydrogen-bond donors (Lipinski definition) is 1. The molecule has 4 heteroatoms. The molecule has 2 aromatic carbocycles. The lowest BCUT2D eigenvalue weighted by atomic mass is 9.99. The van der Waals surface area contributed by atoms with Crippen LogP contribution in [0.25, 0.3) is 0 Å². The van der Waals surface area contributed by atoms with Crippen molar-refractivity contribution in [2.24, 2.45) is 0 Å². The van der Waals surface area contributed by atoms with E-state index in [-0.39, 0.29) is 12.0 Å². The molecule has 0 saturated heterocycles. The summed E-state index contributed by atoms with van der Waals surface area (Å²) in [6.07, 6.45) is 2.02. The third-order valence-electron chi connectivity index (χ3n) is 4.29. The second-order valence-electron chi connectivity index (χ2n) is 5.95. The number of nitrogens with zero attached hydrogens (tertiary/aromatic N) is 1. The van der Waals surface area contributed by atoms with Crippen molar-refractivity contribution in [1.82, 2.24) is 0 Å². The minimum atomic E-state index is -0.304. The first-order valence-corrected chi connectivity index (χ1v) is 8.01. The second kappa shape index (κ2) is 6.73. The molecule has 0 bridgehead atoms. The highest BCUT2D eigenvalue weighted by Crippen LogP contribution is 2.30. The summed E-state index contributed by atoms with van der Waals surface area (Å²) < 4.78 is 5.48. The van der Waals surface area contributed by atoms with Gasteiger partial charge in [-0.05, 0) is 49.1 Å². The molecule has 0 saturated carbocycles. The lowest BCUT2D eigenvalue weighted by Crippen LogP contribution is -2.43. The maximum absolute atomic E-state index is 12.4. The van der Waals surface area contributed by atoms with E-state index in [9.17, 15) is 4.79 Å². The Balaban J connectivity index is 1.68. The average Bonchev–Trinajstić information content (AvgIpc) is 2.59. The van der Waals surface area contributed by atoms with Crippen molar-refractivity contribution in [3.63, 3.8) is 0 Å². The summed E-state index contributed by atoms with van der Waals surface area (Å²) >= 11 is 0. The highest BCUT2D eigenvalue weighted by molar-refractivity contribution is 5.80. The molecule has 1 heterocycles. The van der Waals surface area contributed by atoms with Crippen molar-refractivity contribution >= 4 is 17.3 Å². The standard InChI is InChI=1S/C19H22N2O2/c1-14(19(22)23-13-15-6-3-2-4-7-15)21-11-5-8-16-12-17(20)9-10-18(16)21/h2-4,6-7,9-10,12,14H,5,8,11,13,20H2,1H3. The van der Waals surface area contributed by atoms with E-state index >= 15 is 0 Å². The van der Waals surface area contributed by atoms with Crippen molar-refractivity contribution in [2.75, 3.05) is 17.2 Å². The highest BCUT2D eigenvalue weighted by Gasteiger charge is 2.27. The Labute approximate surface area is 136 Å². The number of carbonyl (C=O) groups excluding carboxylic acids is 1. The maximum atomic E-state index is 12.4. The van der Waals surface area contributed by atoms with E-state index in [0.29, 0.717) is 6.61 Å². The van der Waals surface area contributed by atoms with Crippen molar-refractivity contribution in [1.29, 1.82) is 0 Å². The average molecular weight is 310 g/mol. The summed E-state index contributed by atoms with van der Waals surface area (Å²) in [6, 6.07) is 15.3. The monoisotopic (exact) mass is 310 g/mol. The Bertz CT molecular complexity index is 685. The van der Waals surface area contributed by atoms with Crippen LogP contribution in [-0.2, 0) is 22.6 Å². The molecule has 2 N–H and O–H groups in total. The summed E-state index contributed by atoms with van der Waals surface area (Å²) in [5.41, 5.74) is 9.93. The summed E-state index contributed by atoms with van der Waals surface area (Å²) in [6.45, 7) is 3.07. The zero-order valence-electron chi connectivity index (χ0n) is 13.4. The first-order chi connectivity index (χ1) is 11.1. The number of anilines is 2. The van der Waals surface area contributed by atoms with Crippen molar-refractivity contribution < 1.29 is 9.53 Å². The number of ether oxygens (including phenoxy) is 1. The van der Waals surface area contributed by atoms with Crippen LogP contribution in [0.3, 0.4) is 0 Å². The normalized spacial score (nSPS) is 14.9. The number of rotatable bonds is 4. The minimum absolute atomic E-state index is 0.196. The fourth-order valence-corrected chi connectivity index (χ4v) is 3.02. The maximum Gasteiger partial charge on any atom is 0.328 e. The summed E-state index contributed by atoms with van der Waals surface area (Å²) in [5.74, 6) is -0.196. The van der Waals surface area contributed by atoms with Crippen LogP contribution in [0.2, 0.25) is 0 Å². The van der Waals surface area contributed by atoms with Gasteiger partial charge in [-0.3, -0.25) is 0 Å². The Morgan fingerprint density at radius 1 is 1.26 bits per heavy atom. The molecule has 0 radical (unpaired) electrons. The van der Waals surface area contributed by atoms with Crippen molar-refractivity contribution in [3.05, 3.63) is 59.7 Å². The van der Waals surface area contributed by atoms with E-state index in [4.69, 9.17) is 10.5 Å². The van der Waals surface area contributed by atoms with Crippen LogP contribution in [0.4, 0.5) is 11.4 Å². The Morgan fingerprint density at radius 2 is 2.04 bits per heavy atom. The van der Waals surface area contributed by atoms with Gasteiger partial charge >= 0.3 is 5.97 Å². The van der Waals surface area contributed by atoms with E-state index in [1.807, 2.05) is 55.5 Å². The molecule has 0 spiro atoms. The largest absolute Gasteiger partial charge is 0.459 e. The predicted molar refractivity (Wildman–Crippen MR) is 92.2 cm³/mol. The predicted octanol–water partition coefficient (Wildman–Crippen LogP) is 3.15. The van der Waals surface area contributed by atoms with Crippen molar-refractivity contribution in [3.8, 4) is 0 Å². The Hall–Kier alpha value is -2.49. The molecule has 0 fully saturated rings. The van der Waals surface area contributed by atoms with Gasteiger partial charge in [0, 0.05) is 17.9 Å². The molecule has 1 unspecified atom stereocenters. The molecule has 0 amide bonds. The molecule has 0 aromatic heterocycles. The zero-order valence-corrected chi connectivity index (χ0v) is 13.4. The molecule has 2 aromatic rings. The number of nitrogens with two attached hydrogens (primary N) is 1. The van der Waals surface area contributed by atoms with Gasteiger partial charge in [0.25, 0.3) is 0 Å². The molecular weight excluding hydrogens is 288 g/mol. The fourth-order valence-electron chi connectivity index (χ4n) is 3.02. The van der Waals surface area contributed by atoms with Crippen LogP contribution >= 0.6 is 0 Å². The lowest BCUT2D eigenvalue weighted by molar-refractivity contribution is -0.146. The van der Waals surface area contributed by atoms with E-state index in [2.05, 4.69) is 4.90 Å². The third-order valence-corrected chi connectivity index (χ3v) is 4.29. The van der Waals surface area contributed by atoms with Crippen molar-refractivity contribution in [2.45, 2.75) is 32.4 Å². The smallest absolute Gasteiger partial charge is 0.328 e. The number of fused-ring (bicyclic) bond motifs is 1. The SMILES string of the molecule is CC(C(=O)OCc1ccccc1)N1CCCc2cc(N)ccc21. The lowest BCUT2D eigenvalue weighted by Gasteiger charge is -2.35. The van der Waals surface area contributed by atoms with Crippen LogP contribution in [0, 0.1) is 0 Å². The van der Waals surface area contributed by atoms with Gasteiger partial charge in [-0.2, -0.15) is 0 Å². The van der Waals surface area contributed by atoms with E-state index in [1.54, 1.807) is 0 Å². The van der Waals surface area contributed by atoms with Gasteiger partial charge in [-0.15, -0.1) is 0 Å². The van der Waals surface area contributed by atoms with Gasteiger partial charge in [-0.1, -0.05) is 30.3 Å². The molecule has 0 aliphatic carbocycles. The number of carbonyl (C=O) groups is 1. The molecule has 1 aliphatic rings. The van der Waals surface area contributed by atoms with E-state index in [1.165, 1.54) is 5.56 Å².